The number of rotatable bonds is 2. The molecule has 17 heavy (non-hydrogen) atoms. The second-order valence-electron chi connectivity index (χ2n) is 3.36. The highest BCUT2D eigenvalue weighted by Gasteiger charge is 2.10. The Morgan fingerprint density at radius 3 is 2.76 bits per heavy atom. The van der Waals surface area contributed by atoms with Gasteiger partial charge in [-0.05, 0) is 12.1 Å². The van der Waals surface area contributed by atoms with Crippen LogP contribution in [0.25, 0.3) is 0 Å². The lowest BCUT2D eigenvalue weighted by atomic mass is 10.3. The molecule has 2 rings (SSSR count). The number of anilines is 3. The zero-order chi connectivity index (χ0) is 12.3. The van der Waals surface area contributed by atoms with Crippen LogP contribution < -0.4 is 16.8 Å². The quantitative estimate of drug-likeness (QED) is 0.709. The molecule has 1 amide bonds. The van der Waals surface area contributed by atoms with Gasteiger partial charge in [-0.15, -0.1) is 0 Å². The number of nitrogen functional groups attached to an aromatic ring is 2. The van der Waals surface area contributed by atoms with Crippen molar-refractivity contribution < 1.29 is 4.79 Å². The Morgan fingerprint density at radius 1 is 1.24 bits per heavy atom. The molecule has 0 aliphatic rings. The van der Waals surface area contributed by atoms with E-state index in [2.05, 4.69) is 15.3 Å². The smallest absolute Gasteiger partial charge is 0.274 e. The molecule has 0 bridgehead atoms. The van der Waals surface area contributed by atoms with Gasteiger partial charge in [0.05, 0.1) is 29.5 Å². The molecule has 2 aromatic heterocycles. The minimum atomic E-state index is -0.357. The summed E-state index contributed by atoms with van der Waals surface area (Å²) in [4.78, 5) is 19.6. The van der Waals surface area contributed by atoms with E-state index in [4.69, 9.17) is 11.5 Å². The highest BCUT2D eigenvalue weighted by Crippen LogP contribution is 2.23. The Morgan fingerprint density at radius 2 is 2.06 bits per heavy atom. The molecule has 6 nitrogen and oxygen atoms in total. The molecule has 5 N–H and O–H groups in total. The SMILES string of the molecule is Nc1cncc(NC(=O)c2ccccn2)c1N. The van der Waals surface area contributed by atoms with Gasteiger partial charge < -0.3 is 16.8 Å². The standard InChI is InChI=1S/C11H11N5O/c12-7-5-14-6-9(10(7)13)16-11(17)8-3-1-2-4-15-8/h1-6H,12H2,(H2,13,14)(H,16,17). The average molecular weight is 229 g/mol. The summed E-state index contributed by atoms with van der Waals surface area (Å²) >= 11 is 0. The number of carbonyl (C=O) groups is 1. The van der Waals surface area contributed by atoms with Crippen LogP contribution in [-0.4, -0.2) is 15.9 Å². The summed E-state index contributed by atoms with van der Waals surface area (Å²) in [6, 6.07) is 5.06. The molecule has 2 heterocycles. The summed E-state index contributed by atoms with van der Waals surface area (Å²) in [7, 11) is 0. The molecule has 0 saturated heterocycles. The second-order valence-corrected chi connectivity index (χ2v) is 3.36. The fourth-order valence-corrected chi connectivity index (χ4v) is 1.27. The fourth-order valence-electron chi connectivity index (χ4n) is 1.27. The largest absolute Gasteiger partial charge is 0.396 e. The van der Waals surface area contributed by atoms with E-state index in [1.165, 1.54) is 18.6 Å². The topological polar surface area (TPSA) is 107 Å². The van der Waals surface area contributed by atoms with Crippen LogP contribution in [0.4, 0.5) is 17.1 Å². The Labute approximate surface area is 97.7 Å². The summed E-state index contributed by atoms with van der Waals surface area (Å²) in [6.07, 6.45) is 4.40. The number of amides is 1. The van der Waals surface area contributed by atoms with E-state index in [0.717, 1.165) is 0 Å². The Kier molecular flexibility index (Phi) is 2.87. The van der Waals surface area contributed by atoms with Gasteiger partial charge in [-0.1, -0.05) is 6.07 Å². The van der Waals surface area contributed by atoms with Crippen molar-refractivity contribution in [2.75, 3.05) is 16.8 Å². The van der Waals surface area contributed by atoms with Crippen LogP contribution in [0.2, 0.25) is 0 Å². The maximum Gasteiger partial charge on any atom is 0.274 e. The number of hydrogen-bond donors (Lipinski definition) is 3. The minimum absolute atomic E-state index is 0.296. The van der Waals surface area contributed by atoms with Gasteiger partial charge in [0.2, 0.25) is 0 Å². The second kappa shape index (κ2) is 4.48. The summed E-state index contributed by atoms with van der Waals surface area (Å²) in [6.45, 7) is 0. The lowest BCUT2D eigenvalue weighted by molar-refractivity contribution is 0.102. The van der Waals surface area contributed by atoms with Gasteiger partial charge in [-0.2, -0.15) is 0 Å². The van der Waals surface area contributed by atoms with Crippen LogP contribution in [0.5, 0.6) is 0 Å². The van der Waals surface area contributed by atoms with Gasteiger partial charge in [0.25, 0.3) is 5.91 Å². The zero-order valence-corrected chi connectivity index (χ0v) is 8.92. The molecule has 0 saturated carbocycles. The Hall–Kier alpha value is -2.63. The van der Waals surface area contributed by atoms with Gasteiger partial charge in [0.1, 0.15) is 5.69 Å². The molecule has 0 aliphatic heterocycles. The van der Waals surface area contributed by atoms with Crippen molar-refractivity contribution in [1.29, 1.82) is 0 Å². The van der Waals surface area contributed by atoms with E-state index in [9.17, 15) is 4.79 Å². The fraction of sp³-hybridized carbons (Fsp3) is 0. The van der Waals surface area contributed by atoms with E-state index >= 15 is 0 Å². The third kappa shape index (κ3) is 2.31. The highest BCUT2D eigenvalue weighted by atomic mass is 16.1. The van der Waals surface area contributed by atoms with Crippen LogP contribution in [0.1, 0.15) is 10.5 Å². The predicted octanol–water partition coefficient (Wildman–Crippen LogP) is 0.893. The number of nitrogens with zero attached hydrogens (tertiary/aromatic N) is 2. The number of nitrogens with two attached hydrogens (primary N) is 2. The molecule has 2 aromatic rings. The van der Waals surface area contributed by atoms with E-state index in [-0.39, 0.29) is 5.91 Å². The summed E-state index contributed by atoms with van der Waals surface area (Å²) < 4.78 is 0. The van der Waals surface area contributed by atoms with Gasteiger partial charge >= 0.3 is 0 Å². The molecule has 0 radical (unpaired) electrons. The molecular weight excluding hydrogens is 218 g/mol. The molecule has 0 unspecified atom stereocenters. The summed E-state index contributed by atoms with van der Waals surface area (Å²) in [5, 5.41) is 2.60. The Balaban J connectivity index is 2.22. The molecular formula is C11H11N5O. The molecule has 0 spiro atoms. The van der Waals surface area contributed by atoms with E-state index in [0.29, 0.717) is 22.8 Å². The predicted molar refractivity (Wildman–Crippen MR) is 65.3 cm³/mol. The molecule has 86 valence electrons. The van der Waals surface area contributed by atoms with Crippen molar-refractivity contribution in [2.24, 2.45) is 0 Å². The normalized spacial score (nSPS) is 9.88. The lowest BCUT2D eigenvalue weighted by Crippen LogP contribution is -2.15. The van der Waals surface area contributed by atoms with Crippen LogP contribution in [0, 0.1) is 0 Å². The van der Waals surface area contributed by atoms with Crippen LogP contribution >= 0.6 is 0 Å². The van der Waals surface area contributed by atoms with Crippen molar-refractivity contribution in [1.82, 2.24) is 9.97 Å². The first kappa shape index (κ1) is 10.9. The van der Waals surface area contributed by atoms with Gasteiger partial charge in [0, 0.05) is 6.20 Å². The third-order valence-corrected chi connectivity index (χ3v) is 2.16. The van der Waals surface area contributed by atoms with Crippen molar-refractivity contribution in [3.8, 4) is 0 Å². The number of carbonyl (C=O) groups excluding carboxylic acids is 1. The van der Waals surface area contributed by atoms with E-state index in [1.807, 2.05) is 0 Å². The van der Waals surface area contributed by atoms with Gasteiger partial charge in [0.15, 0.2) is 0 Å². The van der Waals surface area contributed by atoms with Crippen molar-refractivity contribution in [3.63, 3.8) is 0 Å². The molecule has 6 heteroatoms. The number of hydrogen-bond acceptors (Lipinski definition) is 5. The molecule has 0 aliphatic carbocycles. The lowest BCUT2D eigenvalue weighted by Gasteiger charge is -2.08. The van der Waals surface area contributed by atoms with Crippen molar-refractivity contribution in [2.45, 2.75) is 0 Å². The van der Waals surface area contributed by atoms with Crippen LogP contribution in [0.15, 0.2) is 36.8 Å². The first-order valence-electron chi connectivity index (χ1n) is 4.90. The molecule has 0 fully saturated rings. The number of nitrogens with one attached hydrogen (secondary N) is 1. The monoisotopic (exact) mass is 229 g/mol. The summed E-state index contributed by atoms with van der Waals surface area (Å²) in [5.41, 5.74) is 12.6. The van der Waals surface area contributed by atoms with Crippen LogP contribution in [0.3, 0.4) is 0 Å². The van der Waals surface area contributed by atoms with Gasteiger partial charge in [-0.25, -0.2) is 0 Å². The molecule has 0 aromatic carbocycles. The van der Waals surface area contributed by atoms with Crippen molar-refractivity contribution in [3.05, 3.63) is 42.5 Å². The van der Waals surface area contributed by atoms with E-state index < -0.39 is 0 Å². The third-order valence-electron chi connectivity index (χ3n) is 2.16. The Bertz CT molecular complexity index is 541. The minimum Gasteiger partial charge on any atom is -0.396 e. The molecule has 0 atom stereocenters. The first-order chi connectivity index (χ1) is 8.18. The number of aromatic nitrogens is 2. The zero-order valence-electron chi connectivity index (χ0n) is 8.92. The number of pyridine rings is 2. The first-order valence-corrected chi connectivity index (χ1v) is 4.90. The summed E-state index contributed by atoms with van der Waals surface area (Å²) in [5.74, 6) is -0.357. The maximum absolute atomic E-state index is 11.8. The van der Waals surface area contributed by atoms with Gasteiger partial charge in [-0.3, -0.25) is 14.8 Å². The highest BCUT2D eigenvalue weighted by molar-refractivity contribution is 6.05. The van der Waals surface area contributed by atoms with Crippen LogP contribution in [-0.2, 0) is 0 Å². The maximum atomic E-state index is 11.8. The van der Waals surface area contributed by atoms with E-state index in [1.54, 1.807) is 18.2 Å². The van der Waals surface area contributed by atoms with Crippen molar-refractivity contribution >= 4 is 23.0 Å². The average Bonchev–Trinajstić information content (AvgIpc) is 2.36.